The SMILES string of the molecule is CCOc1ccccc1C(=O)c1cccc(OC(C)C)c1. The van der Waals surface area contributed by atoms with Crippen molar-refractivity contribution in [2.75, 3.05) is 6.61 Å². The first-order chi connectivity index (χ1) is 10.1. The second-order valence-corrected chi connectivity index (χ2v) is 4.95. The van der Waals surface area contributed by atoms with Gasteiger partial charge in [0.05, 0.1) is 18.3 Å². The van der Waals surface area contributed by atoms with Crippen LogP contribution in [-0.2, 0) is 0 Å². The van der Waals surface area contributed by atoms with Crippen LogP contribution in [0.4, 0.5) is 0 Å². The van der Waals surface area contributed by atoms with E-state index in [0.717, 1.165) is 0 Å². The predicted octanol–water partition coefficient (Wildman–Crippen LogP) is 4.10. The van der Waals surface area contributed by atoms with E-state index < -0.39 is 0 Å². The quantitative estimate of drug-likeness (QED) is 0.749. The zero-order valence-electron chi connectivity index (χ0n) is 12.6. The van der Waals surface area contributed by atoms with E-state index in [0.29, 0.717) is 29.2 Å². The zero-order chi connectivity index (χ0) is 15.2. The Morgan fingerprint density at radius 2 is 1.86 bits per heavy atom. The number of benzene rings is 2. The molecule has 3 nitrogen and oxygen atoms in total. The van der Waals surface area contributed by atoms with Gasteiger partial charge in [-0.25, -0.2) is 0 Å². The largest absolute Gasteiger partial charge is 0.493 e. The number of rotatable bonds is 6. The molecule has 0 amide bonds. The van der Waals surface area contributed by atoms with Crippen molar-refractivity contribution in [3.8, 4) is 11.5 Å². The minimum absolute atomic E-state index is 0.0618. The molecular formula is C18H20O3. The van der Waals surface area contributed by atoms with Crippen LogP contribution < -0.4 is 9.47 Å². The Kier molecular flexibility index (Phi) is 4.99. The third kappa shape index (κ3) is 3.85. The molecule has 21 heavy (non-hydrogen) atoms. The van der Waals surface area contributed by atoms with Gasteiger partial charge in [-0.15, -0.1) is 0 Å². The Labute approximate surface area is 125 Å². The molecule has 0 fully saturated rings. The van der Waals surface area contributed by atoms with Crippen LogP contribution in [0.3, 0.4) is 0 Å². The number of carbonyl (C=O) groups excluding carboxylic acids is 1. The van der Waals surface area contributed by atoms with Gasteiger partial charge in [0.2, 0.25) is 0 Å². The number of carbonyl (C=O) groups is 1. The summed E-state index contributed by atoms with van der Waals surface area (Å²) in [7, 11) is 0. The molecule has 0 saturated heterocycles. The van der Waals surface area contributed by atoms with E-state index in [9.17, 15) is 4.79 Å². The number of hydrogen-bond donors (Lipinski definition) is 0. The molecule has 0 aliphatic heterocycles. The fourth-order valence-electron chi connectivity index (χ4n) is 2.07. The number of para-hydroxylation sites is 1. The molecule has 2 aromatic rings. The highest BCUT2D eigenvalue weighted by molar-refractivity contribution is 6.10. The second-order valence-electron chi connectivity index (χ2n) is 4.95. The van der Waals surface area contributed by atoms with Gasteiger partial charge in [-0.2, -0.15) is 0 Å². The van der Waals surface area contributed by atoms with Gasteiger partial charge in [0.15, 0.2) is 5.78 Å². The van der Waals surface area contributed by atoms with Crippen LogP contribution in [-0.4, -0.2) is 18.5 Å². The number of hydrogen-bond acceptors (Lipinski definition) is 3. The number of ether oxygens (including phenoxy) is 2. The molecule has 0 bridgehead atoms. The molecule has 0 unspecified atom stereocenters. The third-order valence-corrected chi connectivity index (χ3v) is 2.90. The Morgan fingerprint density at radius 3 is 2.57 bits per heavy atom. The first kappa shape index (κ1) is 15.1. The van der Waals surface area contributed by atoms with Crippen LogP contribution >= 0.6 is 0 Å². The van der Waals surface area contributed by atoms with Gasteiger partial charge in [0.25, 0.3) is 0 Å². The highest BCUT2D eigenvalue weighted by atomic mass is 16.5. The highest BCUT2D eigenvalue weighted by Gasteiger charge is 2.15. The van der Waals surface area contributed by atoms with Gasteiger partial charge < -0.3 is 9.47 Å². The summed E-state index contributed by atoms with van der Waals surface area (Å²) in [5, 5.41) is 0. The fourth-order valence-corrected chi connectivity index (χ4v) is 2.07. The van der Waals surface area contributed by atoms with Gasteiger partial charge in [0, 0.05) is 5.56 Å². The molecule has 0 heterocycles. The smallest absolute Gasteiger partial charge is 0.196 e. The minimum atomic E-state index is -0.0618. The van der Waals surface area contributed by atoms with Crippen molar-refractivity contribution in [2.45, 2.75) is 26.9 Å². The molecule has 0 atom stereocenters. The summed E-state index contributed by atoms with van der Waals surface area (Å²) < 4.78 is 11.2. The summed E-state index contributed by atoms with van der Waals surface area (Å²) in [6.45, 7) is 6.34. The zero-order valence-corrected chi connectivity index (χ0v) is 12.6. The average molecular weight is 284 g/mol. The fraction of sp³-hybridized carbons (Fsp3) is 0.278. The van der Waals surface area contributed by atoms with E-state index in [1.807, 2.05) is 51.1 Å². The molecule has 0 N–H and O–H groups in total. The molecule has 0 saturated carbocycles. The van der Waals surface area contributed by atoms with Crippen LogP contribution in [0.25, 0.3) is 0 Å². The third-order valence-electron chi connectivity index (χ3n) is 2.90. The van der Waals surface area contributed by atoms with E-state index >= 15 is 0 Å². The molecule has 2 rings (SSSR count). The van der Waals surface area contributed by atoms with Crippen molar-refractivity contribution >= 4 is 5.78 Å². The molecule has 0 aromatic heterocycles. The Balaban J connectivity index is 2.32. The molecule has 0 spiro atoms. The van der Waals surface area contributed by atoms with E-state index in [1.54, 1.807) is 18.2 Å². The first-order valence-electron chi connectivity index (χ1n) is 7.15. The second kappa shape index (κ2) is 6.93. The van der Waals surface area contributed by atoms with Crippen LogP contribution in [0.15, 0.2) is 48.5 Å². The Hall–Kier alpha value is -2.29. The standard InChI is InChI=1S/C18H20O3/c1-4-20-17-11-6-5-10-16(17)18(19)14-8-7-9-15(12-14)21-13(2)3/h5-13H,4H2,1-3H3. The van der Waals surface area contributed by atoms with Gasteiger partial charge in [-0.3, -0.25) is 4.79 Å². The summed E-state index contributed by atoms with van der Waals surface area (Å²) in [4.78, 5) is 12.6. The summed E-state index contributed by atoms with van der Waals surface area (Å²) >= 11 is 0. The van der Waals surface area contributed by atoms with Gasteiger partial charge in [-0.05, 0) is 45.0 Å². The van der Waals surface area contributed by atoms with Crippen LogP contribution in [0.1, 0.15) is 36.7 Å². The van der Waals surface area contributed by atoms with Gasteiger partial charge in [-0.1, -0.05) is 24.3 Å². The van der Waals surface area contributed by atoms with E-state index in [-0.39, 0.29) is 11.9 Å². The topological polar surface area (TPSA) is 35.5 Å². The maximum absolute atomic E-state index is 12.6. The number of ketones is 1. The predicted molar refractivity (Wildman–Crippen MR) is 83.2 cm³/mol. The van der Waals surface area contributed by atoms with E-state index in [1.165, 1.54) is 0 Å². The molecular weight excluding hydrogens is 264 g/mol. The lowest BCUT2D eigenvalue weighted by Crippen LogP contribution is -2.08. The summed E-state index contributed by atoms with van der Waals surface area (Å²) in [5.41, 5.74) is 1.17. The van der Waals surface area contributed by atoms with Crippen LogP contribution in [0.2, 0.25) is 0 Å². The summed E-state index contributed by atoms with van der Waals surface area (Å²) in [5.74, 6) is 1.25. The maximum atomic E-state index is 12.6. The van der Waals surface area contributed by atoms with E-state index in [2.05, 4.69) is 0 Å². The molecule has 0 aliphatic carbocycles. The molecule has 110 valence electrons. The van der Waals surface area contributed by atoms with Crippen molar-refractivity contribution < 1.29 is 14.3 Å². The lowest BCUT2D eigenvalue weighted by atomic mass is 10.0. The van der Waals surface area contributed by atoms with Crippen LogP contribution in [0.5, 0.6) is 11.5 Å². The first-order valence-corrected chi connectivity index (χ1v) is 7.15. The van der Waals surface area contributed by atoms with Crippen molar-refractivity contribution in [3.05, 3.63) is 59.7 Å². The Morgan fingerprint density at radius 1 is 1.10 bits per heavy atom. The van der Waals surface area contributed by atoms with Gasteiger partial charge >= 0.3 is 0 Å². The highest BCUT2D eigenvalue weighted by Crippen LogP contribution is 2.23. The van der Waals surface area contributed by atoms with Gasteiger partial charge in [0.1, 0.15) is 11.5 Å². The van der Waals surface area contributed by atoms with Crippen molar-refractivity contribution in [3.63, 3.8) is 0 Å². The molecule has 2 aromatic carbocycles. The lowest BCUT2D eigenvalue weighted by Gasteiger charge is -2.12. The molecule has 0 radical (unpaired) electrons. The molecule has 3 heteroatoms. The Bertz CT molecular complexity index is 617. The van der Waals surface area contributed by atoms with Crippen molar-refractivity contribution in [1.29, 1.82) is 0 Å². The summed E-state index contributed by atoms with van der Waals surface area (Å²) in [6.07, 6.45) is 0.0751. The van der Waals surface area contributed by atoms with Crippen molar-refractivity contribution in [1.82, 2.24) is 0 Å². The average Bonchev–Trinajstić information content (AvgIpc) is 2.47. The maximum Gasteiger partial charge on any atom is 0.196 e. The normalized spacial score (nSPS) is 10.5. The minimum Gasteiger partial charge on any atom is -0.493 e. The van der Waals surface area contributed by atoms with Crippen LogP contribution in [0, 0.1) is 0 Å². The van der Waals surface area contributed by atoms with Crippen molar-refractivity contribution in [2.24, 2.45) is 0 Å². The lowest BCUT2D eigenvalue weighted by molar-refractivity contribution is 0.103. The van der Waals surface area contributed by atoms with E-state index in [4.69, 9.17) is 9.47 Å². The monoisotopic (exact) mass is 284 g/mol. The summed E-state index contributed by atoms with van der Waals surface area (Å²) in [6, 6.07) is 14.5. The molecule has 0 aliphatic rings.